The van der Waals surface area contributed by atoms with Crippen LogP contribution in [0.15, 0.2) is 34.7 Å². The maximum absolute atomic E-state index is 11.1. The van der Waals surface area contributed by atoms with Gasteiger partial charge in [0.1, 0.15) is 0 Å². The lowest BCUT2D eigenvalue weighted by Gasteiger charge is -2.05. The molecule has 2 rings (SSSR count). The highest BCUT2D eigenvalue weighted by atomic mass is 35.5. The van der Waals surface area contributed by atoms with Crippen molar-refractivity contribution in [3.05, 3.63) is 50.0 Å². The van der Waals surface area contributed by atoms with Crippen LogP contribution >= 0.6 is 22.9 Å². The monoisotopic (exact) mass is 240 g/mol. The van der Waals surface area contributed by atoms with Crippen molar-refractivity contribution in [2.45, 2.75) is 6.54 Å². The van der Waals surface area contributed by atoms with Crippen molar-refractivity contribution in [3.63, 3.8) is 0 Å². The van der Waals surface area contributed by atoms with Crippen LogP contribution in [0.25, 0.3) is 0 Å². The van der Waals surface area contributed by atoms with Crippen molar-refractivity contribution in [3.8, 4) is 0 Å². The molecule has 0 amide bonds. The Morgan fingerprint density at radius 3 is 2.87 bits per heavy atom. The molecular weight excluding hydrogens is 232 g/mol. The molecule has 0 bridgehead atoms. The zero-order chi connectivity index (χ0) is 10.8. The van der Waals surface area contributed by atoms with Gasteiger partial charge in [-0.3, -0.25) is 4.79 Å². The van der Waals surface area contributed by atoms with Gasteiger partial charge in [0.15, 0.2) is 0 Å². The fraction of sp³-hybridized carbons (Fsp3) is 0.100. The number of pyridine rings is 1. The molecule has 2 N–H and O–H groups in total. The Kier molecular flexibility index (Phi) is 2.79. The fourth-order valence-corrected chi connectivity index (χ4v) is 2.35. The summed E-state index contributed by atoms with van der Waals surface area (Å²) in [6, 6.07) is 3.31. The molecule has 5 heteroatoms. The van der Waals surface area contributed by atoms with Gasteiger partial charge in [0, 0.05) is 23.3 Å². The van der Waals surface area contributed by atoms with Gasteiger partial charge in [0.2, 0.25) is 5.43 Å². The van der Waals surface area contributed by atoms with E-state index in [9.17, 15) is 4.79 Å². The lowest BCUT2D eigenvalue weighted by molar-refractivity contribution is 0.803. The molecule has 2 heterocycles. The summed E-state index contributed by atoms with van der Waals surface area (Å²) in [5, 5.41) is 2.68. The van der Waals surface area contributed by atoms with E-state index in [1.807, 2.05) is 16.0 Å². The van der Waals surface area contributed by atoms with Gasteiger partial charge in [-0.15, -0.1) is 11.3 Å². The first-order valence-corrected chi connectivity index (χ1v) is 5.60. The molecule has 0 saturated carbocycles. The first kappa shape index (κ1) is 10.3. The maximum Gasteiger partial charge on any atom is 0.204 e. The van der Waals surface area contributed by atoms with Crippen LogP contribution in [0, 0.1) is 0 Å². The Morgan fingerprint density at radius 2 is 2.27 bits per heavy atom. The Balaban J connectivity index is 2.29. The number of aromatic nitrogens is 1. The first-order chi connectivity index (χ1) is 7.16. The van der Waals surface area contributed by atoms with Gasteiger partial charge in [0.05, 0.1) is 17.3 Å². The van der Waals surface area contributed by atoms with Gasteiger partial charge >= 0.3 is 0 Å². The summed E-state index contributed by atoms with van der Waals surface area (Å²) in [6.07, 6.45) is 3.33. The quantitative estimate of drug-likeness (QED) is 0.875. The number of nitrogens with two attached hydrogens (primary N) is 1. The molecule has 15 heavy (non-hydrogen) atoms. The summed E-state index contributed by atoms with van der Waals surface area (Å²) < 4.78 is 1.84. The van der Waals surface area contributed by atoms with Gasteiger partial charge in [-0.05, 0) is 11.4 Å². The smallest absolute Gasteiger partial charge is 0.204 e. The number of hydrogen-bond acceptors (Lipinski definition) is 3. The van der Waals surface area contributed by atoms with Crippen molar-refractivity contribution in [1.82, 2.24) is 4.57 Å². The number of anilines is 1. The lowest BCUT2D eigenvalue weighted by Crippen LogP contribution is -2.10. The SMILES string of the molecule is Nc1cn(Cc2sccc2Cl)ccc1=O. The number of hydrogen-bond donors (Lipinski definition) is 1. The fourth-order valence-electron chi connectivity index (χ4n) is 1.25. The van der Waals surface area contributed by atoms with Gasteiger partial charge in [0.25, 0.3) is 0 Å². The number of thiophene rings is 1. The number of nitrogen functional groups attached to an aromatic ring is 1. The zero-order valence-corrected chi connectivity index (χ0v) is 9.39. The molecule has 0 aliphatic heterocycles. The number of halogens is 1. The first-order valence-electron chi connectivity index (χ1n) is 4.34. The molecule has 0 atom stereocenters. The van der Waals surface area contributed by atoms with Gasteiger partial charge in [-0.1, -0.05) is 11.6 Å². The van der Waals surface area contributed by atoms with E-state index in [4.69, 9.17) is 17.3 Å². The Morgan fingerprint density at radius 1 is 1.47 bits per heavy atom. The molecule has 78 valence electrons. The predicted molar refractivity (Wildman–Crippen MR) is 63.5 cm³/mol. The van der Waals surface area contributed by atoms with Crippen LogP contribution in [0.1, 0.15) is 4.88 Å². The third kappa shape index (κ3) is 2.22. The molecule has 0 spiro atoms. The molecule has 0 aliphatic carbocycles. The van der Waals surface area contributed by atoms with Crippen LogP contribution in [-0.2, 0) is 6.54 Å². The summed E-state index contributed by atoms with van der Waals surface area (Å²) in [6.45, 7) is 0.640. The van der Waals surface area contributed by atoms with E-state index >= 15 is 0 Å². The van der Waals surface area contributed by atoms with Crippen molar-refractivity contribution in [1.29, 1.82) is 0 Å². The zero-order valence-electron chi connectivity index (χ0n) is 7.81. The second kappa shape index (κ2) is 4.08. The minimum Gasteiger partial charge on any atom is -0.394 e. The van der Waals surface area contributed by atoms with Gasteiger partial charge in [-0.25, -0.2) is 0 Å². The molecule has 3 nitrogen and oxygen atoms in total. The molecule has 0 radical (unpaired) electrons. The van der Waals surface area contributed by atoms with Crippen molar-refractivity contribution >= 4 is 28.6 Å². The average Bonchev–Trinajstić information content (AvgIpc) is 2.59. The number of rotatable bonds is 2. The van der Waals surface area contributed by atoms with Crippen LogP contribution in [0.3, 0.4) is 0 Å². The van der Waals surface area contributed by atoms with E-state index in [0.29, 0.717) is 6.54 Å². The second-order valence-electron chi connectivity index (χ2n) is 3.13. The Labute approximate surface area is 95.7 Å². The van der Waals surface area contributed by atoms with Crippen LogP contribution in [0.4, 0.5) is 5.69 Å². The minimum atomic E-state index is -0.150. The van der Waals surface area contributed by atoms with Crippen LogP contribution in [-0.4, -0.2) is 4.57 Å². The van der Waals surface area contributed by atoms with E-state index in [0.717, 1.165) is 9.90 Å². The van der Waals surface area contributed by atoms with Crippen LogP contribution in [0.2, 0.25) is 5.02 Å². The van der Waals surface area contributed by atoms with Crippen molar-refractivity contribution < 1.29 is 0 Å². The molecule has 0 fully saturated rings. The third-order valence-electron chi connectivity index (χ3n) is 2.02. The molecule has 0 aliphatic rings. The highest BCUT2D eigenvalue weighted by molar-refractivity contribution is 7.10. The topological polar surface area (TPSA) is 48.0 Å². The summed E-state index contributed by atoms with van der Waals surface area (Å²) >= 11 is 7.55. The second-order valence-corrected chi connectivity index (χ2v) is 4.54. The third-order valence-corrected chi connectivity index (χ3v) is 3.40. The van der Waals surface area contributed by atoms with Crippen molar-refractivity contribution in [2.24, 2.45) is 0 Å². The van der Waals surface area contributed by atoms with E-state index in [1.54, 1.807) is 23.7 Å². The summed E-state index contributed by atoms with van der Waals surface area (Å²) in [4.78, 5) is 12.1. The minimum absolute atomic E-state index is 0.150. The molecule has 0 aromatic carbocycles. The van der Waals surface area contributed by atoms with Crippen molar-refractivity contribution in [2.75, 3.05) is 5.73 Å². The van der Waals surface area contributed by atoms with E-state index in [2.05, 4.69) is 0 Å². The summed E-state index contributed by atoms with van der Waals surface area (Å²) in [7, 11) is 0. The van der Waals surface area contributed by atoms with Crippen LogP contribution in [0.5, 0.6) is 0 Å². The van der Waals surface area contributed by atoms with Crippen LogP contribution < -0.4 is 11.2 Å². The summed E-state index contributed by atoms with van der Waals surface area (Å²) in [5.41, 5.74) is 5.63. The van der Waals surface area contributed by atoms with Gasteiger partial charge < -0.3 is 10.3 Å². The normalized spacial score (nSPS) is 10.5. The molecule has 0 unspecified atom stereocenters. The molecular formula is C10H9ClN2OS. The summed E-state index contributed by atoms with van der Waals surface area (Å²) in [5.74, 6) is 0. The predicted octanol–water partition coefficient (Wildman–Crippen LogP) is 2.19. The molecule has 2 aromatic heterocycles. The highest BCUT2D eigenvalue weighted by Gasteiger charge is 2.02. The maximum atomic E-state index is 11.1. The average molecular weight is 241 g/mol. The number of nitrogens with zero attached hydrogens (tertiary/aromatic N) is 1. The van der Waals surface area contributed by atoms with E-state index in [1.165, 1.54) is 6.07 Å². The lowest BCUT2D eigenvalue weighted by atomic mass is 10.4. The largest absolute Gasteiger partial charge is 0.394 e. The van der Waals surface area contributed by atoms with E-state index < -0.39 is 0 Å². The van der Waals surface area contributed by atoms with Gasteiger partial charge in [-0.2, -0.15) is 0 Å². The standard InChI is InChI=1S/C10H9ClN2OS/c11-7-2-4-15-10(7)6-13-3-1-9(14)8(12)5-13/h1-5H,6,12H2. The molecule has 0 saturated heterocycles. The van der Waals surface area contributed by atoms with E-state index in [-0.39, 0.29) is 11.1 Å². The molecule has 2 aromatic rings. The Hall–Kier alpha value is -1.26. The highest BCUT2D eigenvalue weighted by Crippen LogP contribution is 2.22. The Bertz CT molecular complexity index is 532.